The average molecular weight is 380 g/mol. The molecule has 0 fully saturated rings. The van der Waals surface area contributed by atoms with Crippen LogP contribution in [0.25, 0.3) is 0 Å². The number of ether oxygens (including phenoxy) is 1. The van der Waals surface area contributed by atoms with E-state index >= 15 is 0 Å². The van der Waals surface area contributed by atoms with Gasteiger partial charge in [-0.15, -0.1) is 0 Å². The standard InChI is InChI=1S/C23H28N2O3/c1-3-25(4-2)19-14-12-18(13-15-19)23(27)28-16-22(26)24-21-11-7-9-17-8-5-6-10-20(17)21/h5-6,8,10,12-15,21H,3-4,7,9,11,16H2,1-2H3,(H,24,26)/t21-/m0/s1. The molecule has 1 atom stereocenters. The summed E-state index contributed by atoms with van der Waals surface area (Å²) in [5.74, 6) is -0.750. The van der Waals surface area contributed by atoms with E-state index in [4.69, 9.17) is 4.74 Å². The Balaban J connectivity index is 1.53. The fraction of sp³-hybridized carbons (Fsp3) is 0.391. The van der Waals surface area contributed by atoms with E-state index in [0.717, 1.165) is 38.0 Å². The zero-order valence-electron chi connectivity index (χ0n) is 16.6. The molecule has 0 saturated heterocycles. The largest absolute Gasteiger partial charge is 0.452 e. The number of hydrogen-bond donors (Lipinski definition) is 1. The van der Waals surface area contributed by atoms with Gasteiger partial charge in [-0.25, -0.2) is 4.79 Å². The van der Waals surface area contributed by atoms with Crippen molar-refractivity contribution in [1.82, 2.24) is 5.32 Å². The molecule has 5 heteroatoms. The van der Waals surface area contributed by atoms with E-state index in [1.807, 2.05) is 24.3 Å². The smallest absolute Gasteiger partial charge is 0.338 e. The number of hydrogen-bond acceptors (Lipinski definition) is 4. The van der Waals surface area contributed by atoms with Gasteiger partial charge in [0.1, 0.15) is 0 Å². The van der Waals surface area contributed by atoms with Crippen LogP contribution < -0.4 is 10.2 Å². The van der Waals surface area contributed by atoms with Crippen molar-refractivity contribution >= 4 is 17.6 Å². The normalized spacial score (nSPS) is 15.4. The molecule has 2 aromatic carbocycles. The van der Waals surface area contributed by atoms with E-state index < -0.39 is 5.97 Å². The van der Waals surface area contributed by atoms with Crippen molar-refractivity contribution in [3.05, 3.63) is 65.2 Å². The Morgan fingerprint density at radius 1 is 1.07 bits per heavy atom. The molecule has 0 saturated carbocycles. The van der Waals surface area contributed by atoms with E-state index in [9.17, 15) is 9.59 Å². The Labute approximate surface area is 166 Å². The summed E-state index contributed by atoms with van der Waals surface area (Å²) in [4.78, 5) is 26.7. The predicted molar refractivity (Wildman–Crippen MR) is 111 cm³/mol. The third kappa shape index (κ3) is 4.71. The highest BCUT2D eigenvalue weighted by atomic mass is 16.5. The van der Waals surface area contributed by atoms with Gasteiger partial charge in [-0.2, -0.15) is 0 Å². The number of esters is 1. The van der Waals surface area contributed by atoms with Crippen LogP contribution in [0.1, 0.15) is 54.2 Å². The number of fused-ring (bicyclic) bond motifs is 1. The molecule has 0 aliphatic heterocycles. The number of anilines is 1. The summed E-state index contributed by atoms with van der Waals surface area (Å²) in [5, 5.41) is 3.00. The number of carbonyl (C=O) groups is 2. The Kier molecular flexibility index (Phi) is 6.69. The minimum Gasteiger partial charge on any atom is -0.452 e. The van der Waals surface area contributed by atoms with Gasteiger partial charge in [-0.3, -0.25) is 4.79 Å². The molecule has 28 heavy (non-hydrogen) atoms. The maximum absolute atomic E-state index is 12.3. The second-order valence-corrected chi connectivity index (χ2v) is 7.01. The molecule has 0 spiro atoms. The number of amides is 1. The molecule has 1 aliphatic rings. The Hall–Kier alpha value is -2.82. The van der Waals surface area contributed by atoms with Crippen LogP contribution in [-0.4, -0.2) is 31.6 Å². The highest BCUT2D eigenvalue weighted by molar-refractivity contribution is 5.91. The van der Waals surface area contributed by atoms with Crippen molar-refractivity contribution in [3.8, 4) is 0 Å². The quantitative estimate of drug-likeness (QED) is 0.741. The van der Waals surface area contributed by atoms with Gasteiger partial charge in [0.05, 0.1) is 11.6 Å². The first-order chi connectivity index (χ1) is 13.6. The van der Waals surface area contributed by atoms with E-state index in [2.05, 4.69) is 36.2 Å². The van der Waals surface area contributed by atoms with Crippen LogP contribution >= 0.6 is 0 Å². The van der Waals surface area contributed by atoms with E-state index in [-0.39, 0.29) is 18.6 Å². The lowest BCUT2D eigenvalue weighted by molar-refractivity contribution is -0.125. The Bertz CT molecular complexity index is 813. The van der Waals surface area contributed by atoms with Crippen LogP contribution in [0.3, 0.4) is 0 Å². The summed E-state index contributed by atoms with van der Waals surface area (Å²) in [6, 6.07) is 15.5. The number of rotatable bonds is 7. The van der Waals surface area contributed by atoms with Gasteiger partial charge < -0.3 is 15.0 Å². The monoisotopic (exact) mass is 380 g/mol. The summed E-state index contributed by atoms with van der Waals surface area (Å²) in [5.41, 5.74) is 3.96. The van der Waals surface area contributed by atoms with Crippen LogP contribution in [0, 0.1) is 0 Å². The highest BCUT2D eigenvalue weighted by Crippen LogP contribution is 2.29. The number of nitrogens with one attached hydrogen (secondary N) is 1. The lowest BCUT2D eigenvalue weighted by Gasteiger charge is -2.26. The molecule has 0 radical (unpaired) electrons. The van der Waals surface area contributed by atoms with Crippen LogP contribution in [0.5, 0.6) is 0 Å². The molecule has 0 unspecified atom stereocenters. The number of nitrogens with zero attached hydrogens (tertiary/aromatic N) is 1. The first kappa shape index (κ1) is 19.9. The average Bonchev–Trinajstić information content (AvgIpc) is 2.74. The zero-order valence-corrected chi connectivity index (χ0v) is 16.6. The van der Waals surface area contributed by atoms with Gasteiger partial charge in [-0.1, -0.05) is 24.3 Å². The van der Waals surface area contributed by atoms with Gasteiger partial charge in [-0.05, 0) is 68.5 Å². The van der Waals surface area contributed by atoms with Crippen LogP contribution in [0.15, 0.2) is 48.5 Å². The topological polar surface area (TPSA) is 58.6 Å². The van der Waals surface area contributed by atoms with Crippen molar-refractivity contribution in [2.75, 3.05) is 24.6 Å². The lowest BCUT2D eigenvalue weighted by atomic mass is 9.88. The molecule has 148 valence electrons. The molecule has 1 amide bonds. The van der Waals surface area contributed by atoms with Crippen molar-refractivity contribution in [3.63, 3.8) is 0 Å². The number of aryl methyl sites for hydroxylation is 1. The van der Waals surface area contributed by atoms with Crippen LogP contribution in [-0.2, 0) is 16.0 Å². The molecule has 3 rings (SSSR count). The van der Waals surface area contributed by atoms with E-state index in [1.165, 1.54) is 11.1 Å². The first-order valence-corrected chi connectivity index (χ1v) is 10.0. The van der Waals surface area contributed by atoms with Gasteiger partial charge in [0.2, 0.25) is 0 Å². The maximum atomic E-state index is 12.3. The Morgan fingerprint density at radius 3 is 2.50 bits per heavy atom. The van der Waals surface area contributed by atoms with Gasteiger partial charge in [0.25, 0.3) is 5.91 Å². The minimum atomic E-state index is -0.481. The van der Waals surface area contributed by atoms with Gasteiger partial charge >= 0.3 is 5.97 Å². The molecule has 0 bridgehead atoms. The van der Waals surface area contributed by atoms with Crippen LogP contribution in [0.4, 0.5) is 5.69 Å². The lowest BCUT2D eigenvalue weighted by Crippen LogP contribution is -2.34. The summed E-state index contributed by atoms with van der Waals surface area (Å²) in [6.07, 6.45) is 2.99. The van der Waals surface area contributed by atoms with E-state index in [1.54, 1.807) is 12.1 Å². The molecule has 0 heterocycles. The van der Waals surface area contributed by atoms with Crippen molar-refractivity contribution in [1.29, 1.82) is 0 Å². The maximum Gasteiger partial charge on any atom is 0.338 e. The summed E-state index contributed by atoms with van der Waals surface area (Å²) in [6.45, 7) is 5.73. The Morgan fingerprint density at radius 2 is 1.79 bits per heavy atom. The van der Waals surface area contributed by atoms with Gasteiger partial charge in [0.15, 0.2) is 6.61 Å². The summed E-state index contributed by atoms with van der Waals surface area (Å²) >= 11 is 0. The SMILES string of the molecule is CCN(CC)c1ccc(C(=O)OCC(=O)N[C@H]2CCCc3ccccc32)cc1. The third-order valence-corrected chi connectivity index (χ3v) is 5.27. The minimum absolute atomic E-state index is 0.00972. The number of benzene rings is 2. The van der Waals surface area contributed by atoms with Crippen molar-refractivity contribution in [2.45, 2.75) is 39.2 Å². The van der Waals surface area contributed by atoms with Gasteiger partial charge in [0, 0.05) is 18.8 Å². The fourth-order valence-corrected chi connectivity index (χ4v) is 3.75. The fourth-order valence-electron chi connectivity index (χ4n) is 3.75. The second kappa shape index (κ2) is 9.40. The summed E-state index contributed by atoms with van der Waals surface area (Å²) in [7, 11) is 0. The summed E-state index contributed by atoms with van der Waals surface area (Å²) < 4.78 is 5.21. The number of carbonyl (C=O) groups excluding carboxylic acids is 2. The van der Waals surface area contributed by atoms with Crippen molar-refractivity contribution < 1.29 is 14.3 Å². The zero-order chi connectivity index (χ0) is 19.9. The molecule has 5 nitrogen and oxygen atoms in total. The second-order valence-electron chi connectivity index (χ2n) is 7.01. The van der Waals surface area contributed by atoms with E-state index in [0.29, 0.717) is 5.56 Å². The molecule has 0 aromatic heterocycles. The molecule has 1 N–H and O–H groups in total. The molecular formula is C23H28N2O3. The third-order valence-electron chi connectivity index (χ3n) is 5.27. The van der Waals surface area contributed by atoms with Crippen LogP contribution in [0.2, 0.25) is 0 Å². The molecular weight excluding hydrogens is 352 g/mol. The molecule has 1 aliphatic carbocycles. The predicted octanol–water partition coefficient (Wildman–Crippen LogP) is 3.88. The van der Waals surface area contributed by atoms with Crippen molar-refractivity contribution in [2.24, 2.45) is 0 Å². The molecule has 2 aromatic rings. The highest BCUT2D eigenvalue weighted by Gasteiger charge is 2.22. The first-order valence-electron chi connectivity index (χ1n) is 10.0.